The average molecular weight is 224 g/mol. The van der Waals surface area contributed by atoms with Crippen LogP contribution < -0.4 is 0 Å². The SMILES string of the molecule is Cc1cc(Cl)n2nc(CC(C)C)nc2c1. The second-order valence-electron chi connectivity index (χ2n) is 4.25. The molecule has 2 aromatic rings. The van der Waals surface area contributed by atoms with Crippen LogP contribution in [0.1, 0.15) is 25.2 Å². The molecule has 0 saturated carbocycles. The van der Waals surface area contributed by atoms with Crippen LogP contribution in [0.5, 0.6) is 0 Å². The van der Waals surface area contributed by atoms with Crippen molar-refractivity contribution in [2.24, 2.45) is 5.92 Å². The van der Waals surface area contributed by atoms with Crippen LogP contribution in [0.3, 0.4) is 0 Å². The Hall–Kier alpha value is -1.09. The lowest BCUT2D eigenvalue weighted by Gasteiger charge is -1.97. The standard InChI is InChI=1S/C11H14ClN3/c1-7(2)4-10-13-11-6-8(3)5-9(12)15(11)14-10/h5-7H,4H2,1-3H3. The molecule has 0 atom stereocenters. The molecule has 0 aliphatic carbocycles. The Morgan fingerprint density at radius 2 is 2.13 bits per heavy atom. The van der Waals surface area contributed by atoms with Crippen LogP contribution in [0.15, 0.2) is 12.1 Å². The lowest BCUT2D eigenvalue weighted by molar-refractivity contribution is 0.620. The molecule has 0 unspecified atom stereocenters. The first-order chi connectivity index (χ1) is 7.06. The van der Waals surface area contributed by atoms with Gasteiger partial charge < -0.3 is 0 Å². The van der Waals surface area contributed by atoms with Crippen molar-refractivity contribution >= 4 is 17.2 Å². The number of pyridine rings is 1. The van der Waals surface area contributed by atoms with Gasteiger partial charge in [-0.3, -0.25) is 0 Å². The molecule has 0 aliphatic heterocycles. The Kier molecular flexibility index (Phi) is 2.65. The molecule has 3 nitrogen and oxygen atoms in total. The summed E-state index contributed by atoms with van der Waals surface area (Å²) >= 11 is 6.07. The molecule has 0 aliphatic rings. The van der Waals surface area contributed by atoms with Gasteiger partial charge in [0.05, 0.1) is 0 Å². The van der Waals surface area contributed by atoms with Crippen molar-refractivity contribution in [3.63, 3.8) is 0 Å². The van der Waals surface area contributed by atoms with Crippen LogP contribution in [0.4, 0.5) is 0 Å². The maximum Gasteiger partial charge on any atom is 0.157 e. The Morgan fingerprint density at radius 1 is 1.40 bits per heavy atom. The molecule has 80 valence electrons. The summed E-state index contributed by atoms with van der Waals surface area (Å²) in [6, 6.07) is 3.88. The fourth-order valence-electron chi connectivity index (χ4n) is 1.57. The molecule has 4 heteroatoms. The fraction of sp³-hybridized carbons (Fsp3) is 0.455. The van der Waals surface area contributed by atoms with Crippen molar-refractivity contribution in [2.45, 2.75) is 27.2 Å². The fourth-order valence-corrected chi connectivity index (χ4v) is 1.86. The van der Waals surface area contributed by atoms with Gasteiger partial charge in [-0.05, 0) is 30.5 Å². The minimum absolute atomic E-state index is 0.558. The van der Waals surface area contributed by atoms with E-state index >= 15 is 0 Å². The summed E-state index contributed by atoms with van der Waals surface area (Å²) in [4.78, 5) is 4.44. The van der Waals surface area contributed by atoms with Crippen LogP contribution in [-0.2, 0) is 6.42 Å². The molecule has 2 heterocycles. The minimum Gasteiger partial charge on any atom is -0.212 e. The van der Waals surface area contributed by atoms with Gasteiger partial charge >= 0.3 is 0 Å². The van der Waals surface area contributed by atoms with Gasteiger partial charge in [-0.2, -0.15) is 0 Å². The van der Waals surface area contributed by atoms with Crippen LogP contribution >= 0.6 is 11.6 Å². The van der Waals surface area contributed by atoms with Crippen LogP contribution in [0.2, 0.25) is 5.15 Å². The van der Waals surface area contributed by atoms with Crippen LogP contribution in [0, 0.1) is 12.8 Å². The van der Waals surface area contributed by atoms with Crippen molar-refractivity contribution < 1.29 is 0 Å². The summed E-state index contributed by atoms with van der Waals surface area (Å²) in [6.45, 7) is 6.31. The zero-order valence-electron chi connectivity index (χ0n) is 9.16. The van der Waals surface area contributed by atoms with Gasteiger partial charge in [0.25, 0.3) is 0 Å². The monoisotopic (exact) mass is 223 g/mol. The average Bonchev–Trinajstić information content (AvgIpc) is 2.45. The predicted octanol–water partition coefficient (Wildman–Crippen LogP) is 2.89. The molecule has 15 heavy (non-hydrogen) atoms. The first-order valence-corrected chi connectivity index (χ1v) is 5.46. The lowest BCUT2D eigenvalue weighted by atomic mass is 10.1. The number of aryl methyl sites for hydroxylation is 1. The number of fused-ring (bicyclic) bond motifs is 1. The number of halogens is 1. The van der Waals surface area contributed by atoms with E-state index in [4.69, 9.17) is 11.6 Å². The van der Waals surface area contributed by atoms with Crippen molar-refractivity contribution in [2.75, 3.05) is 0 Å². The normalized spacial score (nSPS) is 11.5. The highest BCUT2D eigenvalue weighted by atomic mass is 35.5. The molecule has 0 saturated heterocycles. The van der Waals surface area contributed by atoms with Crippen molar-refractivity contribution in [3.8, 4) is 0 Å². The van der Waals surface area contributed by atoms with Gasteiger partial charge in [0.15, 0.2) is 11.5 Å². The summed E-state index contributed by atoms with van der Waals surface area (Å²) in [5.41, 5.74) is 1.94. The van der Waals surface area contributed by atoms with E-state index in [1.807, 2.05) is 19.1 Å². The molecule has 0 radical (unpaired) electrons. The number of nitrogens with zero attached hydrogens (tertiary/aromatic N) is 3. The Labute approximate surface area is 94.1 Å². The van der Waals surface area contributed by atoms with E-state index in [1.54, 1.807) is 4.52 Å². The van der Waals surface area contributed by atoms with Crippen molar-refractivity contribution in [1.29, 1.82) is 0 Å². The number of rotatable bonds is 2. The third-order valence-corrected chi connectivity index (χ3v) is 2.44. The molecule has 0 spiro atoms. The summed E-state index contributed by atoms with van der Waals surface area (Å²) < 4.78 is 1.69. The first kappa shape index (κ1) is 10.4. The molecule has 0 amide bonds. The second-order valence-corrected chi connectivity index (χ2v) is 4.64. The third kappa shape index (κ3) is 2.12. The molecule has 0 bridgehead atoms. The van der Waals surface area contributed by atoms with Crippen LogP contribution in [-0.4, -0.2) is 14.6 Å². The number of aromatic nitrogens is 3. The smallest absolute Gasteiger partial charge is 0.157 e. The molecule has 0 N–H and O–H groups in total. The highest BCUT2D eigenvalue weighted by molar-refractivity contribution is 6.29. The van der Waals surface area contributed by atoms with E-state index in [9.17, 15) is 0 Å². The summed E-state index contributed by atoms with van der Waals surface area (Å²) in [5, 5.41) is 4.99. The molecular weight excluding hydrogens is 210 g/mol. The van der Waals surface area contributed by atoms with Gasteiger partial charge in [-0.1, -0.05) is 25.4 Å². The second kappa shape index (κ2) is 3.81. The summed E-state index contributed by atoms with van der Waals surface area (Å²) in [5.74, 6) is 1.42. The van der Waals surface area contributed by atoms with Gasteiger partial charge in [-0.15, -0.1) is 5.10 Å². The van der Waals surface area contributed by atoms with Gasteiger partial charge in [-0.25, -0.2) is 9.50 Å². The first-order valence-electron chi connectivity index (χ1n) is 5.08. The van der Waals surface area contributed by atoms with Gasteiger partial charge in [0, 0.05) is 6.42 Å². The molecule has 0 fully saturated rings. The Morgan fingerprint density at radius 3 is 2.80 bits per heavy atom. The van der Waals surface area contributed by atoms with Gasteiger partial charge in [0.1, 0.15) is 5.15 Å². The van der Waals surface area contributed by atoms with E-state index in [1.165, 1.54) is 0 Å². The lowest BCUT2D eigenvalue weighted by Crippen LogP contribution is -1.97. The molecule has 2 rings (SSSR count). The molecule has 0 aromatic carbocycles. The zero-order chi connectivity index (χ0) is 11.0. The zero-order valence-corrected chi connectivity index (χ0v) is 9.91. The third-order valence-electron chi connectivity index (χ3n) is 2.17. The van der Waals surface area contributed by atoms with E-state index in [0.717, 1.165) is 23.5 Å². The predicted molar refractivity (Wildman–Crippen MR) is 61.3 cm³/mol. The molecule has 2 aromatic heterocycles. The highest BCUT2D eigenvalue weighted by Crippen LogP contribution is 2.15. The topological polar surface area (TPSA) is 30.2 Å². The van der Waals surface area contributed by atoms with E-state index in [0.29, 0.717) is 11.1 Å². The van der Waals surface area contributed by atoms with E-state index < -0.39 is 0 Å². The summed E-state index contributed by atoms with van der Waals surface area (Å²) in [7, 11) is 0. The van der Waals surface area contributed by atoms with Gasteiger partial charge in [0.2, 0.25) is 0 Å². The maximum atomic E-state index is 6.07. The number of hydrogen-bond acceptors (Lipinski definition) is 2. The summed E-state index contributed by atoms with van der Waals surface area (Å²) in [6.07, 6.45) is 0.886. The van der Waals surface area contributed by atoms with E-state index in [2.05, 4.69) is 23.9 Å². The van der Waals surface area contributed by atoms with Crippen molar-refractivity contribution in [1.82, 2.24) is 14.6 Å². The highest BCUT2D eigenvalue weighted by Gasteiger charge is 2.08. The Balaban J connectivity index is 2.50. The number of hydrogen-bond donors (Lipinski definition) is 0. The van der Waals surface area contributed by atoms with Crippen molar-refractivity contribution in [3.05, 3.63) is 28.7 Å². The maximum absolute atomic E-state index is 6.07. The quantitative estimate of drug-likeness (QED) is 0.733. The Bertz CT molecular complexity index is 488. The van der Waals surface area contributed by atoms with Crippen LogP contribution in [0.25, 0.3) is 5.65 Å². The van der Waals surface area contributed by atoms with E-state index in [-0.39, 0.29) is 0 Å². The minimum atomic E-state index is 0.558. The largest absolute Gasteiger partial charge is 0.212 e. The molecular formula is C11H14ClN3.